The summed E-state index contributed by atoms with van der Waals surface area (Å²) in [6, 6.07) is 3.88. The minimum Gasteiger partial charge on any atom is -0.481 e. The summed E-state index contributed by atoms with van der Waals surface area (Å²) in [5.41, 5.74) is 0.806. The van der Waals surface area contributed by atoms with Gasteiger partial charge in [0, 0.05) is 13.0 Å². The van der Waals surface area contributed by atoms with Gasteiger partial charge in [-0.25, -0.2) is 0 Å². The number of ether oxygens (including phenoxy) is 3. The Balaban J connectivity index is 1.45. The van der Waals surface area contributed by atoms with Gasteiger partial charge in [0.15, 0.2) is 5.78 Å². The van der Waals surface area contributed by atoms with E-state index < -0.39 is 29.6 Å². The van der Waals surface area contributed by atoms with Gasteiger partial charge in [0.2, 0.25) is 0 Å². The summed E-state index contributed by atoms with van der Waals surface area (Å²) in [5.74, 6) is -2.95. The number of amides is 2. The Morgan fingerprint density at radius 2 is 1.64 bits per heavy atom. The zero-order valence-electron chi connectivity index (χ0n) is 20.0. The van der Waals surface area contributed by atoms with Gasteiger partial charge in [0.05, 0.1) is 62.7 Å². The second-order valence-corrected chi connectivity index (χ2v) is 8.52. The highest BCUT2D eigenvalue weighted by Gasteiger charge is 2.45. The third-order valence-corrected chi connectivity index (χ3v) is 5.95. The topological polar surface area (TPSA) is 160 Å². The van der Waals surface area contributed by atoms with Crippen LogP contribution in [0.5, 0.6) is 0 Å². The predicted molar refractivity (Wildman–Crippen MR) is 125 cm³/mol. The number of aliphatic carboxylic acids is 1. The summed E-state index contributed by atoms with van der Waals surface area (Å²) in [6.45, 7) is 1.92. The molecule has 1 heterocycles. The van der Waals surface area contributed by atoms with Crippen molar-refractivity contribution in [2.24, 2.45) is 0 Å². The van der Waals surface area contributed by atoms with Crippen molar-refractivity contribution in [1.82, 2.24) is 4.90 Å². The predicted octanol–water partition coefficient (Wildman–Crippen LogP) is 1.45. The van der Waals surface area contributed by atoms with Crippen LogP contribution in [0.2, 0.25) is 0 Å². The molecule has 1 aliphatic carbocycles. The van der Waals surface area contributed by atoms with Crippen molar-refractivity contribution >= 4 is 35.1 Å². The van der Waals surface area contributed by atoms with E-state index in [-0.39, 0.29) is 54.9 Å². The first-order valence-electron chi connectivity index (χ1n) is 11.9. The quantitative estimate of drug-likeness (QED) is 0.218. The molecular weight excluding hydrogens is 472 g/mol. The molecule has 0 bridgehead atoms. The Morgan fingerprint density at radius 3 is 2.33 bits per heavy atom. The van der Waals surface area contributed by atoms with E-state index >= 15 is 0 Å². The number of aryl methyl sites for hydroxylation is 1. The minimum absolute atomic E-state index is 0.0330. The third kappa shape index (κ3) is 6.90. The first-order chi connectivity index (χ1) is 17.3. The first-order valence-corrected chi connectivity index (χ1v) is 11.9. The number of carboxylic acids is 1. The van der Waals surface area contributed by atoms with Crippen LogP contribution in [0.25, 0.3) is 0 Å². The second-order valence-electron chi connectivity index (χ2n) is 8.52. The van der Waals surface area contributed by atoms with E-state index in [1.165, 1.54) is 0 Å². The number of nitrogens with one attached hydrogen (secondary N) is 1. The highest BCUT2D eigenvalue weighted by Crippen LogP contribution is 2.31. The van der Waals surface area contributed by atoms with Crippen LogP contribution >= 0.6 is 0 Å². The molecule has 1 aromatic carbocycles. The molecule has 1 atom stereocenters. The number of rotatable bonds is 14. The average molecular weight is 503 g/mol. The fraction of sp³-hybridized carbons (Fsp3) is 0.520. The number of ketones is 2. The van der Waals surface area contributed by atoms with Crippen molar-refractivity contribution in [1.29, 1.82) is 5.41 Å². The van der Waals surface area contributed by atoms with E-state index in [0.717, 1.165) is 4.90 Å². The summed E-state index contributed by atoms with van der Waals surface area (Å²) < 4.78 is 16.0. The SMILES string of the molecule is N=C1CC(=O)CCC(N2C(=O)c3cccc(CCCOCCOCCOCCC(=O)O)c3C2=O)C1=O. The molecule has 0 spiro atoms. The van der Waals surface area contributed by atoms with Crippen LogP contribution in [0, 0.1) is 5.41 Å². The van der Waals surface area contributed by atoms with Gasteiger partial charge < -0.3 is 24.7 Å². The lowest BCUT2D eigenvalue weighted by Crippen LogP contribution is -2.46. The van der Waals surface area contributed by atoms with Crippen LogP contribution in [-0.4, -0.2) is 90.8 Å². The minimum atomic E-state index is -1.13. The molecule has 2 N–H and O–H groups in total. The molecule has 0 radical (unpaired) electrons. The summed E-state index contributed by atoms with van der Waals surface area (Å²) >= 11 is 0. The average Bonchev–Trinajstić information content (AvgIpc) is 3.02. The Hall–Kier alpha value is -3.28. The molecule has 11 nitrogen and oxygen atoms in total. The number of carbonyl (C=O) groups excluding carboxylic acids is 4. The Kier molecular flexibility index (Phi) is 9.97. The molecule has 11 heteroatoms. The van der Waals surface area contributed by atoms with E-state index in [1.54, 1.807) is 18.2 Å². The van der Waals surface area contributed by atoms with E-state index in [4.69, 9.17) is 24.7 Å². The standard InChI is InChI=1S/C25H30N2O9/c26-19-15-17(28)6-7-20(23(19)31)27-24(32)18-5-1-3-16(22(18)25(27)33)4-2-9-34-11-13-36-14-12-35-10-8-21(29)30/h1,3,5,20,26H,2,4,6-15H2,(H,29,30). The van der Waals surface area contributed by atoms with Crippen LogP contribution in [-0.2, 0) is 35.0 Å². The molecule has 1 saturated carbocycles. The van der Waals surface area contributed by atoms with Gasteiger partial charge in [-0.05, 0) is 30.9 Å². The van der Waals surface area contributed by atoms with Gasteiger partial charge in [-0.3, -0.25) is 28.9 Å². The van der Waals surface area contributed by atoms with E-state index in [1.807, 2.05) is 0 Å². The lowest BCUT2D eigenvalue weighted by Gasteiger charge is -2.23. The van der Waals surface area contributed by atoms with Gasteiger partial charge in [-0.15, -0.1) is 0 Å². The summed E-state index contributed by atoms with van der Waals surface area (Å²) in [4.78, 5) is 62.0. The molecule has 1 unspecified atom stereocenters. The van der Waals surface area contributed by atoms with Crippen molar-refractivity contribution < 1.29 is 43.3 Å². The van der Waals surface area contributed by atoms with E-state index in [2.05, 4.69) is 0 Å². The first kappa shape index (κ1) is 27.3. The van der Waals surface area contributed by atoms with Crippen molar-refractivity contribution in [3.05, 3.63) is 34.9 Å². The molecule has 194 valence electrons. The summed E-state index contributed by atoms with van der Waals surface area (Å²) in [6.07, 6.45) is 0.841. The van der Waals surface area contributed by atoms with Crippen molar-refractivity contribution in [2.45, 2.75) is 44.6 Å². The molecule has 0 saturated heterocycles. The summed E-state index contributed by atoms with van der Waals surface area (Å²) in [5, 5.41) is 16.4. The van der Waals surface area contributed by atoms with Gasteiger partial charge in [0.25, 0.3) is 11.8 Å². The number of hydrogen-bond acceptors (Lipinski definition) is 9. The molecule has 2 amide bonds. The zero-order chi connectivity index (χ0) is 26.1. The molecule has 1 aliphatic heterocycles. The number of fused-ring (bicyclic) bond motifs is 1. The maximum absolute atomic E-state index is 13.2. The number of benzene rings is 1. The third-order valence-electron chi connectivity index (χ3n) is 5.95. The lowest BCUT2D eigenvalue weighted by atomic mass is 9.99. The fourth-order valence-electron chi connectivity index (χ4n) is 4.18. The Morgan fingerprint density at radius 1 is 0.972 bits per heavy atom. The smallest absolute Gasteiger partial charge is 0.305 e. The number of nitrogens with zero attached hydrogens (tertiary/aromatic N) is 1. The van der Waals surface area contributed by atoms with Crippen LogP contribution in [0.3, 0.4) is 0 Å². The maximum atomic E-state index is 13.2. The molecule has 0 aromatic heterocycles. The number of Topliss-reactive ketones (excluding diaryl/α,β-unsaturated/α-hetero) is 2. The highest BCUT2D eigenvalue weighted by molar-refractivity contribution is 6.45. The van der Waals surface area contributed by atoms with Gasteiger partial charge >= 0.3 is 5.97 Å². The van der Waals surface area contributed by atoms with Crippen molar-refractivity contribution in [3.63, 3.8) is 0 Å². The highest BCUT2D eigenvalue weighted by atomic mass is 16.5. The van der Waals surface area contributed by atoms with Crippen LogP contribution in [0.15, 0.2) is 18.2 Å². The lowest BCUT2D eigenvalue weighted by molar-refractivity contribution is -0.138. The van der Waals surface area contributed by atoms with Gasteiger partial charge in [0.1, 0.15) is 11.8 Å². The number of carbonyl (C=O) groups is 5. The van der Waals surface area contributed by atoms with Crippen molar-refractivity contribution in [3.8, 4) is 0 Å². The van der Waals surface area contributed by atoms with Gasteiger partial charge in [-0.1, -0.05) is 12.1 Å². The Bertz CT molecular complexity index is 1040. The molecule has 1 aromatic rings. The molecule has 2 aliphatic rings. The normalized spacial score (nSPS) is 18.1. The fourth-order valence-corrected chi connectivity index (χ4v) is 4.18. The van der Waals surface area contributed by atoms with Gasteiger partial charge in [-0.2, -0.15) is 0 Å². The van der Waals surface area contributed by atoms with Crippen LogP contribution in [0.4, 0.5) is 0 Å². The van der Waals surface area contributed by atoms with Crippen LogP contribution < -0.4 is 0 Å². The Labute approximate surface area is 208 Å². The summed E-state index contributed by atoms with van der Waals surface area (Å²) in [7, 11) is 0. The molecule has 3 rings (SSSR count). The molecule has 1 fully saturated rings. The van der Waals surface area contributed by atoms with Crippen molar-refractivity contribution in [2.75, 3.05) is 39.6 Å². The second kappa shape index (κ2) is 13.1. The van der Waals surface area contributed by atoms with Crippen LogP contribution in [0.1, 0.15) is 58.4 Å². The number of imide groups is 1. The van der Waals surface area contributed by atoms with E-state index in [0.29, 0.717) is 51.4 Å². The zero-order valence-corrected chi connectivity index (χ0v) is 20.0. The number of carboxylic acid groups (broad SMARTS) is 1. The van der Waals surface area contributed by atoms with E-state index in [9.17, 15) is 24.0 Å². The monoisotopic (exact) mass is 502 g/mol. The largest absolute Gasteiger partial charge is 0.481 e. The molecular formula is C25H30N2O9. The molecule has 36 heavy (non-hydrogen) atoms. The number of hydrogen-bond donors (Lipinski definition) is 2. The maximum Gasteiger partial charge on any atom is 0.305 e.